The Balaban J connectivity index is 2.60. The van der Waals surface area contributed by atoms with Crippen molar-refractivity contribution in [1.82, 2.24) is 15.1 Å². The molecule has 0 aromatic heterocycles. The lowest BCUT2D eigenvalue weighted by molar-refractivity contribution is -0.149. The molecule has 1 aliphatic heterocycles. The van der Waals surface area contributed by atoms with Gasteiger partial charge in [0.15, 0.2) is 0 Å². The van der Waals surface area contributed by atoms with Crippen LogP contribution in [-0.2, 0) is 9.59 Å². The third-order valence-corrected chi connectivity index (χ3v) is 3.17. The number of carbonyl (C=O) groups excluding carboxylic acids is 2. The van der Waals surface area contributed by atoms with E-state index in [9.17, 15) is 9.59 Å². The normalized spacial score (nSPS) is 19.1. The summed E-state index contributed by atoms with van der Waals surface area (Å²) in [7, 11) is 1.67. The fraction of sp³-hybridized carbons (Fsp3) is 0.833. The first-order valence-corrected chi connectivity index (χ1v) is 6.20. The van der Waals surface area contributed by atoms with Crippen molar-refractivity contribution in [3.05, 3.63) is 0 Å². The molecule has 0 spiro atoms. The van der Waals surface area contributed by atoms with Gasteiger partial charge in [-0.15, -0.1) is 0 Å². The van der Waals surface area contributed by atoms with Gasteiger partial charge in [0.2, 0.25) is 11.8 Å². The lowest BCUT2D eigenvalue weighted by Crippen LogP contribution is -2.56. The zero-order valence-corrected chi connectivity index (χ0v) is 11.2. The maximum Gasteiger partial charge on any atom is 0.242 e. The number of piperazine rings is 1. The standard InChI is InChI=1S/C12H23N3O2/c1-5-13-10(9(2)3)6-15-8-11(16)14(4)7-12(15)17/h9-10,13H,5-8H2,1-4H3. The van der Waals surface area contributed by atoms with Crippen molar-refractivity contribution in [2.45, 2.75) is 26.8 Å². The van der Waals surface area contributed by atoms with Crippen molar-refractivity contribution in [2.75, 3.05) is 33.2 Å². The minimum atomic E-state index is 0.0172. The summed E-state index contributed by atoms with van der Waals surface area (Å²) in [6.07, 6.45) is 0. The molecule has 5 heteroatoms. The predicted molar refractivity (Wildman–Crippen MR) is 66.5 cm³/mol. The smallest absolute Gasteiger partial charge is 0.242 e. The molecule has 0 radical (unpaired) electrons. The Labute approximate surface area is 103 Å². The molecule has 5 nitrogen and oxygen atoms in total. The van der Waals surface area contributed by atoms with Crippen LogP contribution in [0.25, 0.3) is 0 Å². The van der Waals surface area contributed by atoms with Gasteiger partial charge in [-0.2, -0.15) is 0 Å². The zero-order valence-electron chi connectivity index (χ0n) is 11.2. The summed E-state index contributed by atoms with van der Waals surface area (Å²) < 4.78 is 0. The van der Waals surface area contributed by atoms with Crippen LogP contribution in [0.3, 0.4) is 0 Å². The molecule has 17 heavy (non-hydrogen) atoms. The summed E-state index contributed by atoms with van der Waals surface area (Å²) in [4.78, 5) is 26.5. The molecule has 1 unspecified atom stereocenters. The quantitative estimate of drug-likeness (QED) is 0.732. The molecule has 1 heterocycles. The van der Waals surface area contributed by atoms with Crippen molar-refractivity contribution in [3.63, 3.8) is 0 Å². The largest absolute Gasteiger partial charge is 0.335 e. The van der Waals surface area contributed by atoms with E-state index in [4.69, 9.17) is 0 Å². The fourth-order valence-electron chi connectivity index (χ4n) is 1.94. The Morgan fingerprint density at radius 3 is 2.41 bits per heavy atom. The van der Waals surface area contributed by atoms with Crippen molar-refractivity contribution >= 4 is 11.8 Å². The van der Waals surface area contributed by atoms with Gasteiger partial charge in [0.05, 0.1) is 13.1 Å². The lowest BCUT2D eigenvalue weighted by Gasteiger charge is -2.35. The van der Waals surface area contributed by atoms with E-state index in [-0.39, 0.29) is 30.9 Å². The van der Waals surface area contributed by atoms with Gasteiger partial charge in [0.1, 0.15) is 0 Å². The van der Waals surface area contributed by atoms with Crippen LogP contribution < -0.4 is 5.32 Å². The van der Waals surface area contributed by atoms with Crippen LogP contribution in [0.4, 0.5) is 0 Å². The van der Waals surface area contributed by atoms with E-state index in [0.29, 0.717) is 12.5 Å². The number of nitrogens with one attached hydrogen (secondary N) is 1. The summed E-state index contributed by atoms with van der Waals surface area (Å²) in [5.41, 5.74) is 0. The molecule has 1 N–H and O–H groups in total. The molecule has 0 saturated carbocycles. The fourth-order valence-corrected chi connectivity index (χ4v) is 1.94. The number of hydrogen-bond acceptors (Lipinski definition) is 3. The minimum absolute atomic E-state index is 0.0172. The van der Waals surface area contributed by atoms with E-state index >= 15 is 0 Å². The summed E-state index contributed by atoms with van der Waals surface area (Å²) in [5, 5.41) is 3.36. The van der Waals surface area contributed by atoms with Crippen molar-refractivity contribution in [2.24, 2.45) is 5.92 Å². The van der Waals surface area contributed by atoms with Crippen LogP contribution >= 0.6 is 0 Å². The third-order valence-electron chi connectivity index (χ3n) is 3.17. The monoisotopic (exact) mass is 241 g/mol. The number of likely N-dealkylation sites (N-methyl/N-ethyl adjacent to an activating group) is 2. The van der Waals surface area contributed by atoms with E-state index in [1.54, 1.807) is 11.9 Å². The Hall–Kier alpha value is -1.10. The average molecular weight is 241 g/mol. The molecule has 1 fully saturated rings. The van der Waals surface area contributed by atoms with E-state index < -0.39 is 0 Å². The Morgan fingerprint density at radius 2 is 1.88 bits per heavy atom. The van der Waals surface area contributed by atoms with Gasteiger partial charge in [-0.25, -0.2) is 0 Å². The lowest BCUT2D eigenvalue weighted by atomic mass is 10.0. The maximum atomic E-state index is 11.8. The minimum Gasteiger partial charge on any atom is -0.335 e. The Morgan fingerprint density at radius 1 is 1.24 bits per heavy atom. The third kappa shape index (κ3) is 3.70. The predicted octanol–water partition coefficient (Wildman–Crippen LogP) is -0.0789. The highest BCUT2D eigenvalue weighted by molar-refractivity contribution is 5.92. The number of nitrogens with zero attached hydrogens (tertiary/aromatic N) is 2. The molecule has 0 aromatic rings. The zero-order chi connectivity index (χ0) is 13.0. The number of rotatable bonds is 5. The van der Waals surface area contributed by atoms with Crippen LogP contribution in [0.15, 0.2) is 0 Å². The topological polar surface area (TPSA) is 52.7 Å². The molecule has 98 valence electrons. The molecule has 1 aliphatic rings. The molecule has 2 amide bonds. The van der Waals surface area contributed by atoms with Crippen LogP contribution in [-0.4, -0.2) is 60.9 Å². The second-order valence-electron chi connectivity index (χ2n) is 4.93. The number of amides is 2. The molecular weight excluding hydrogens is 218 g/mol. The summed E-state index contributed by atoms with van der Waals surface area (Å²) >= 11 is 0. The summed E-state index contributed by atoms with van der Waals surface area (Å²) in [6, 6.07) is 0.250. The number of carbonyl (C=O) groups is 2. The second-order valence-corrected chi connectivity index (χ2v) is 4.93. The molecule has 0 aliphatic carbocycles. The highest BCUT2D eigenvalue weighted by atomic mass is 16.2. The summed E-state index contributed by atoms with van der Waals surface area (Å²) in [6.45, 7) is 8.19. The molecule has 1 saturated heterocycles. The molecular formula is C12H23N3O2. The van der Waals surface area contributed by atoms with Crippen molar-refractivity contribution in [1.29, 1.82) is 0 Å². The maximum absolute atomic E-state index is 11.8. The van der Waals surface area contributed by atoms with E-state index in [0.717, 1.165) is 6.54 Å². The van der Waals surface area contributed by atoms with Crippen molar-refractivity contribution in [3.8, 4) is 0 Å². The molecule has 1 rings (SSSR count). The molecule has 0 aromatic carbocycles. The van der Waals surface area contributed by atoms with Crippen LogP contribution in [0, 0.1) is 5.92 Å². The second kappa shape index (κ2) is 6.00. The van der Waals surface area contributed by atoms with Crippen LogP contribution in [0.5, 0.6) is 0 Å². The number of hydrogen-bond donors (Lipinski definition) is 1. The SMILES string of the molecule is CCNC(CN1CC(=O)N(C)CC1=O)C(C)C. The average Bonchev–Trinajstić information content (AvgIpc) is 2.24. The first-order chi connectivity index (χ1) is 7.95. The Bertz CT molecular complexity index is 291. The van der Waals surface area contributed by atoms with E-state index in [1.807, 2.05) is 6.92 Å². The van der Waals surface area contributed by atoms with Gasteiger partial charge in [0, 0.05) is 19.6 Å². The Kier molecular flexibility index (Phi) is 4.93. The van der Waals surface area contributed by atoms with Crippen molar-refractivity contribution < 1.29 is 9.59 Å². The van der Waals surface area contributed by atoms with Gasteiger partial charge in [0.25, 0.3) is 0 Å². The van der Waals surface area contributed by atoms with E-state index in [1.165, 1.54) is 4.90 Å². The van der Waals surface area contributed by atoms with Gasteiger partial charge in [-0.1, -0.05) is 20.8 Å². The first-order valence-electron chi connectivity index (χ1n) is 6.20. The summed E-state index contributed by atoms with van der Waals surface area (Å²) in [5.74, 6) is 0.497. The van der Waals surface area contributed by atoms with Gasteiger partial charge >= 0.3 is 0 Å². The highest BCUT2D eigenvalue weighted by Gasteiger charge is 2.29. The molecule has 0 bridgehead atoms. The first kappa shape index (κ1) is 14.0. The molecule has 1 atom stereocenters. The van der Waals surface area contributed by atoms with Gasteiger partial charge < -0.3 is 15.1 Å². The van der Waals surface area contributed by atoms with E-state index in [2.05, 4.69) is 19.2 Å². The van der Waals surface area contributed by atoms with Crippen LogP contribution in [0.2, 0.25) is 0 Å². The van der Waals surface area contributed by atoms with Gasteiger partial charge in [-0.3, -0.25) is 9.59 Å². The van der Waals surface area contributed by atoms with Gasteiger partial charge in [-0.05, 0) is 12.5 Å². The highest BCUT2D eigenvalue weighted by Crippen LogP contribution is 2.08. The van der Waals surface area contributed by atoms with Crippen LogP contribution in [0.1, 0.15) is 20.8 Å².